The summed E-state index contributed by atoms with van der Waals surface area (Å²) >= 11 is 0. The van der Waals surface area contributed by atoms with Gasteiger partial charge in [0.25, 0.3) is 5.56 Å². The molecule has 1 aromatic carbocycles. The van der Waals surface area contributed by atoms with E-state index in [1.54, 1.807) is 24.1 Å². The van der Waals surface area contributed by atoms with Crippen molar-refractivity contribution in [2.24, 2.45) is 7.05 Å². The molecule has 0 radical (unpaired) electrons. The van der Waals surface area contributed by atoms with Crippen molar-refractivity contribution in [3.63, 3.8) is 0 Å². The Bertz CT molecular complexity index is 760. The lowest BCUT2D eigenvalue weighted by Gasteiger charge is -2.28. The monoisotopic (exact) mass is 306 g/mol. The van der Waals surface area contributed by atoms with E-state index in [2.05, 4.69) is 0 Å². The number of nitrogens with zero attached hydrogens (tertiary/aromatic N) is 2. The molecule has 1 aromatic heterocycles. The van der Waals surface area contributed by atoms with E-state index >= 15 is 0 Å². The van der Waals surface area contributed by atoms with Crippen LogP contribution in [0.25, 0.3) is 0 Å². The van der Waals surface area contributed by atoms with E-state index in [-0.39, 0.29) is 24.1 Å². The summed E-state index contributed by atoms with van der Waals surface area (Å²) in [6.07, 6.45) is -0.383. The number of halogens is 2. The maximum absolute atomic E-state index is 14.1. The van der Waals surface area contributed by atoms with Crippen LogP contribution < -0.4 is 10.5 Å². The van der Waals surface area contributed by atoms with Crippen LogP contribution in [-0.4, -0.2) is 22.3 Å². The standard InChI is InChI=1S/C16H16F2N2O2/c1-19-15(3-2-4-16(19)22)20-9-11(21)8-14(20)12-7-10(17)5-6-13(12)18/h2-7,11,14,21H,8-9H2,1H3. The van der Waals surface area contributed by atoms with Gasteiger partial charge in [0.15, 0.2) is 0 Å². The summed E-state index contributed by atoms with van der Waals surface area (Å²) in [6, 6.07) is 7.54. The highest BCUT2D eigenvalue weighted by atomic mass is 19.1. The molecular weight excluding hydrogens is 290 g/mol. The lowest BCUT2D eigenvalue weighted by Crippen LogP contribution is -2.31. The molecule has 2 heterocycles. The van der Waals surface area contributed by atoms with Crippen molar-refractivity contribution in [2.75, 3.05) is 11.4 Å². The summed E-state index contributed by atoms with van der Waals surface area (Å²) in [5.74, 6) is -0.483. The second kappa shape index (κ2) is 5.53. The Balaban J connectivity index is 2.08. The summed E-state index contributed by atoms with van der Waals surface area (Å²) in [5, 5.41) is 9.97. The quantitative estimate of drug-likeness (QED) is 0.923. The average Bonchev–Trinajstić information content (AvgIpc) is 2.86. The maximum Gasteiger partial charge on any atom is 0.251 e. The smallest absolute Gasteiger partial charge is 0.251 e. The van der Waals surface area contributed by atoms with Crippen LogP contribution in [0.5, 0.6) is 0 Å². The van der Waals surface area contributed by atoms with Gasteiger partial charge in [-0.05, 0) is 30.7 Å². The molecule has 6 heteroatoms. The van der Waals surface area contributed by atoms with Gasteiger partial charge >= 0.3 is 0 Å². The lowest BCUT2D eigenvalue weighted by atomic mass is 10.0. The minimum atomic E-state index is -0.664. The zero-order valence-electron chi connectivity index (χ0n) is 12.0. The minimum absolute atomic E-state index is 0.188. The van der Waals surface area contributed by atoms with Gasteiger partial charge in [-0.15, -0.1) is 0 Å². The summed E-state index contributed by atoms with van der Waals surface area (Å²) in [4.78, 5) is 13.5. The van der Waals surface area contributed by atoms with Crippen LogP contribution in [0.1, 0.15) is 18.0 Å². The third-order valence-electron chi connectivity index (χ3n) is 4.05. The first-order valence-electron chi connectivity index (χ1n) is 7.03. The molecule has 1 aliphatic rings. The molecule has 2 atom stereocenters. The van der Waals surface area contributed by atoms with Gasteiger partial charge in [0.1, 0.15) is 17.5 Å². The normalized spacial score (nSPS) is 21.4. The topological polar surface area (TPSA) is 45.5 Å². The van der Waals surface area contributed by atoms with Crippen molar-refractivity contribution < 1.29 is 13.9 Å². The molecule has 3 rings (SSSR count). The SMILES string of the molecule is Cn1c(N2CC(O)CC2c2cc(F)ccc2F)cccc1=O. The second-order valence-electron chi connectivity index (χ2n) is 5.50. The van der Waals surface area contributed by atoms with Gasteiger partial charge in [-0.3, -0.25) is 9.36 Å². The zero-order valence-corrected chi connectivity index (χ0v) is 12.0. The van der Waals surface area contributed by atoms with Gasteiger partial charge in [-0.2, -0.15) is 0 Å². The van der Waals surface area contributed by atoms with Crippen molar-refractivity contribution in [3.05, 3.63) is 63.9 Å². The molecule has 2 unspecified atom stereocenters. The molecular formula is C16H16F2N2O2. The van der Waals surface area contributed by atoms with Crippen LogP contribution in [0.2, 0.25) is 0 Å². The molecule has 0 saturated carbocycles. The number of rotatable bonds is 2. The number of aromatic nitrogens is 1. The summed E-state index contributed by atoms with van der Waals surface area (Å²) in [7, 11) is 1.61. The van der Waals surface area contributed by atoms with Crippen LogP contribution in [0.4, 0.5) is 14.6 Å². The van der Waals surface area contributed by atoms with Gasteiger partial charge in [0.05, 0.1) is 12.1 Å². The van der Waals surface area contributed by atoms with E-state index in [0.29, 0.717) is 5.82 Å². The summed E-state index contributed by atoms with van der Waals surface area (Å²) in [6.45, 7) is 0.262. The first-order valence-corrected chi connectivity index (χ1v) is 7.03. The van der Waals surface area contributed by atoms with Crippen molar-refractivity contribution >= 4 is 5.82 Å². The predicted molar refractivity (Wildman–Crippen MR) is 78.8 cm³/mol. The number of benzene rings is 1. The Morgan fingerprint density at radius 3 is 2.77 bits per heavy atom. The maximum atomic E-state index is 14.1. The van der Waals surface area contributed by atoms with Crippen molar-refractivity contribution in [3.8, 4) is 0 Å². The molecule has 0 spiro atoms. The third kappa shape index (κ3) is 2.50. The number of pyridine rings is 1. The number of aliphatic hydroxyl groups is 1. The number of anilines is 1. The number of hydrogen-bond acceptors (Lipinski definition) is 3. The Kier molecular flexibility index (Phi) is 3.70. The van der Waals surface area contributed by atoms with Crippen LogP contribution in [0.15, 0.2) is 41.2 Å². The fourth-order valence-corrected chi connectivity index (χ4v) is 2.97. The largest absolute Gasteiger partial charge is 0.391 e. The van der Waals surface area contributed by atoms with E-state index in [4.69, 9.17) is 0 Å². The molecule has 2 aromatic rings. The molecule has 116 valence electrons. The van der Waals surface area contributed by atoms with Crippen LogP contribution in [-0.2, 0) is 7.05 Å². The van der Waals surface area contributed by atoms with Crippen molar-refractivity contribution in [1.82, 2.24) is 4.57 Å². The lowest BCUT2D eigenvalue weighted by molar-refractivity contribution is 0.194. The second-order valence-corrected chi connectivity index (χ2v) is 5.50. The predicted octanol–water partition coefficient (Wildman–Crippen LogP) is 1.98. The molecule has 0 bridgehead atoms. The summed E-state index contributed by atoms with van der Waals surface area (Å²) in [5.41, 5.74) is -0.00907. The molecule has 1 saturated heterocycles. The van der Waals surface area contributed by atoms with Gasteiger partial charge in [0, 0.05) is 25.2 Å². The fourth-order valence-electron chi connectivity index (χ4n) is 2.97. The van der Waals surface area contributed by atoms with Crippen LogP contribution >= 0.6 is 0 Å². The molecule has 0 aliphatic carbocycles. The Morgan fingerprint density at radius 1 is 1.23 bits per heavy atom. The van der Waals surface area contributed by atoms with Gasteiger partial charge < -0.3 is 10.0 Å². The van der Waals surface area contributed by atoms with Gasteiger partial charge in [0.2, 0.25) is 0 Å². The number of aliphatic hydroxyl groups excluding tert-OH is 1. The molecule has 22 heavy (non-hydrogen) atoms. The highest BCUT2D eigenvalue weighted by Crippen LogP contribution is 2.36. The third-order valence-corrected chi connectivity index (χ3v) is 4.05. The summed E-state index contributed by atoms with van der Waals surface area (Å²) < 4.78 is 29.0. The fraction of sp³-hybridized carbons (Fsp3) is 0.312. The Morgan fingerprint density at radius 2 is 2.00 bits per heavy atom. The van der Waals surface area contributed by atoms with Crippen LogP contribution in [0.3, 0.4) is 0 Å². The zero-order chi connectivity index (χ0) is 15.9. The molecule has 1 aliphatic heterocycles. The van der Waals surface area contributed by atoms with Gasteiger partial charge in [-0.1, -0.05) is 6.07 Å². The molecule has 1 fully saturated rings. The van der Waals surface area contributed by atoms with E-state index in [1.165, 1.54) is 10.6 Å². The molecule has 0 amide bonds. The Hall–Kier alpha value is -2.21. The average molecular weight is 306 g/mol. The molecule has 4 nitrogen and oxygen atoms in total. The van der Waals surface area contributed by atoms with E-state index in [1.807, 2.05) is 0 Å². The van der Waals surface area contributed by atoms with E-state index < -0.39 is 23.8 Å². The van der Waals surface area contributed by atoms with E-state index in [0.717, 1.165) is 18.2 Å². The molecule has 1 N–H and O–H groups in total. The van der Waals surface area contributed by atoms with Crippen molar-refractivity contribution in [1.29, 1.82) is 0 Å². The Labute approximate surface area is 126 Å². The van der Waals surface area contributed by atoms with E-state index in [9.17, 15) is 18.7 Å². The van der Waals surface area contributed by atoms with Crippen LogP contribution in [0, 0.1) is 11.6 Å². The highest BCUT2D eigenvalue weighted by Gasteiger charge is 2.35. The highest BCUT2D eigenvalue weighted by molar-refractivity contribution is 5.46. The van der Waals surface area contributed by atoms with Crippen molar-refractivity contribution in [2.45, 2.75) is 18.6 Å². The minimum Gasteiger partial charge on any atom is -0.391 e. The number of hydrogen-bond donors (Lipinski definition) is 1. The first kappa shape index (κ1) is 14.7. The number of β-amino-alcohol motifs (C(OH)–C–C–N with tert-alkyl or cyclic N) is 1. The first-order chi connectivity index (χ1) is 10.5. The van der Waals surface area contributed by atoms with Gasteiger partial charge in [-0.25, -0.2) is 8.78 Å².